The molecule has 0 bridgehead atoms. The maximum absolute atomic E-state index is 11.6. The molecule has 0 spiro atoms. The normalized spacial score (nSPS) is 11.4. The number of amides is 1. The van der Waals surface area contributed by atoms with Gasteiger partial charge in [-0.2, -0.15) is 5.10 Å². The molecule has 0 aliphatic heterocycles. The summed E-state index contributed by atoms with van der Waals surface area (Å²) in [5.41, 5.74) is -0.836. The van der Waals surface area contributed by atoms with Crippen molar-refractivity contribution in [3.8, 4) is 0 Å². The van der Waals surface area contributed by atoms with Gasteiger partial charge in [0.25, 0.3) is 5.91 Å². The van der Waals surface area contributed by atoms with Crippen LogP contribution in [-0.4, -0.2) is 28.4 Å². The molecule has 1 rings (SSSR count). The van der Waals surface area contributed by atoms with Crippen LogP contribution < -0.4 is 5.32 Å². The maximum atomic E-state index is 11.6. The van der Waals surface area contributed by atoms with Gasteiger partial charge in [0.1, 0.15) is 5.60 Å². The molecule has 1 N–H and O–H groups in total. The Hall–Kier alpha value is -1.36. The summed E-state index contributed by atoms with van der Waals surface area (Å²) in [6.45, 7) is 3.40. The Morgan fingerprint density at radius 2 is 2.29 bits per heavy atom. The van der Waals surface area contributed by atoms with Crippen molar-refractivity contribution in [2.75, 3.05) is 12.4 Å². The molecule has 1 amide bonds. The lowest BCUT2D eigenvalue weighted by Gasteiger charge is -2.20. The summed E-state index contributed by atoms with van der Waals surface area (Å²) in [5.74, 6) is 0.321. The van der Waals surface area contributed by atoms with Gasteiger partial charge in [0.2, 0.25) is 0 Å². The molecule has 0 saturated carbocycles. The molecule has 0 aliphatic carbocycles. The van der Waals surface area contributed by atoms with Gasteiger partial charge in [0.15, 0.2) is 5.82 Å². The number of rotatable bonds is 3. The summed E-state index contributed by atoms with van der Waals surface area (Å²) in [5, 5.41) is 6.69. The van der Waals surface area contributed by atoms with Crippen molar-refractivity contribution in [1.82, 2.24) is 9.78 Å². The van der Waals surface area contributed by atoms with E-state index < -0.39 is 5.60 Å². The summed E-state index contributed by atoms with van der Waals surface area (Å²) in [4.78, 5) is 11.6. The highest BCUT2D eigenvalue weighted by molar-refractivity contribution is 5.95. The lowest BCUT2D eigenvalue weighted by molar-refractivity contribution is -0.133. The molecule has 78 valence electrons. The number of hydrogen-bond donors (Lipinski definition) is 1. The first-order valence-corrected chi connectivity index (χ1v) is 4.32. The topological polar surface area (TPSA) is 56.1 Å². The van der Waals surface area contributed by atoms with E-state index in [1.807, 2.05) is 0 Å². The lowest BCUT2D eigenvalue weighted by Crippen LogP contribution is -2.38. The summed E-state index contributed by atoms with van der Waals surface area (Å²) in [7, 11) is 3.29. The molecule has 1 aromatic heterocycles. The Bertz CT molecular complexity index is 331. The summed E-state index contributed by atoms with van der Waals surface area (Å²) in [6, 6.07) is 1.73. The fraction of sp³-hybridized carbons (Fsp3) is 0.556. The van der Waals surface area contributed by atoms with Crippen LogP contribution in [0.5, 0.6) is 0 Å². The van der Waals surface area contributed by atoms with Crippen molar-refractivity contribution < 1.29 is 9.53 Å². The van der Waals surface area contributed by atoms with Crippen molar-refractivity contribution in [1.29, 1.82) is 0 Å². The number of aryl methyl sites for hydroxylation is 1. The van der Waals surface area contributed by atoms with Crippen molar-refractivity contribution in [2.45, 2.75) is 19.4 Å². The summed E-state index contributed by atoms with van der Waals surface area (Å²) >= 11 is 0. The average molecular weight is 197 g/mol. The molecule has 5 heteroatoms. The SMILES string of the molecule is COC(C)(C)C(=O)Nc1ccn(C)n1. The van der Waals surface area contributed by atoms with Gasteiger partial charge >= 0.3 is 0 Å². The standard InChI is InChI=1S/C9H15N3O2/c1-9(2,14-4)8(13)10-7-5-6-12(3)11-7/h5-6H,1-4H3,(H,10,11,13). The summed E-state index contributed by atoms with van der Waals surface area (Å²) < 4.78 is 6.65. The van der Waals surface area contributed by atoms with Gasteiger partial charge in [0, 0.05) is 26.4 Å². The first-order chi connectivity index (χ1) is 6.45. The molecule has 1 aromatic rings. The zero-order valence-corrected chi connectivity index (χ0v) is 8.87. The third-order valence-corrected chi connectivity index (χ3v) is 2.01. The minimum atomic E-state index is -0.836. The van der Waals surface area contributed by atoms with E-state index in [4.69, 9.17) is 4.74 Å². The monoisotopic (exact) mass is 197 g/mol. The third kappa shape index (κ3) is 2.32. The number of nitrogens with one attached hydrogen (secondary N) is 1. The minimum absolute atomic E-state index is 0.210. The lowest BCUT2D eigenvalue weighted by atomic mass is 10.1. The number of nitrogens with zero attached hydrogens (tertiary/aromatic N) is 2. The third-order valence-electron chi connectivity index (χ3n) is 2.01. The molecule has 5 nitrogen and oxygen atoms in total. The number of methoxy groups -OCH3 is 1. The Kier molecular flexibility index (Phi) is 2.90. The van der Waals surface area contributed by atoms with Crippen molar-refractivity contribution in [3.05, 3.63) is 12.3 Å². The first-order valence-electron chi connectivity index (χ1n) is 4.32. The van der Waals surface area contributed by atoms with Gasteiger partial charge < -0.3 is 10.1 Å². The van der Waals surface area contributed by atoms with Crippen LogP contribution in [0, 0.1) is 0 Å². The minimum Gasteiger partial charge on any atom is -0.369 e. The largest absolute Gasteiger partial charge is 0.369 e. The van der Waals surface area contributed by atoms with Crippen LogP contribution in [-0.2, 0) is 16.6 Å². The van der Waals surface area contributed by atoms with E-state index in [1.165, 1.54) is 7.11 Å². The highest BCUT2D eigenvalue weighted by Crippen LogP contribution is 2.11. The van der Waals surface area contributed by atoms with Crippen LogP contribution in [0.4, 0.5) is 5.82 Å². The predicted molar refractivity (Wildman–Crippen MR) is 52.9 cm³/mol. The Morgan fingerprint density at radius 3 is 2.71 bits per heavy atom. The van der Waals surface area contributed by atoms with Crippen molar-refractivity contribution >= 4 is 11.7 Å². The second kappa shape index (κ2) is 3.79. The molecule has 0 radical (unpaired) electrons. The number of hydrogen-bond acceptors (Lipinski definition) is 3. The number of aromatic nitrogens is 2. The molecule has 0 atom stereocenters. The fourth-order valence-electron chi connectivity index (χ4n) is 0.841. The number of anilines is 1. The number of carbonyl (C=O) groups excluding carboxylic acids is 1. The van der Waals surface area contributed by atoms with Gasteiger partial charge in [0.05, 0.1) is 0 Å². The van der Waals surface area contributed by atoms with E-state index >= 15 is 0 Å². The number of ether oxygens (including phenoxy) is 1. The number of carbonyl (C=O) groups is 1. The van der Waals surface area contributed by atoms with Crippen LogP contribution in [0.1, 0.15) is 13.8 Å². The van der Waals surface area contributed by atoms with E-state index in [2.05, 4.69) is 10.4 Å². The molecule has 0 aliphatic rings. The Labute approximate surface area is 83.1 Å². The highest BCUT2D eigenvalue weighted by Gasteiger charge is 2.27. The Morgan fingerprint density at radius 1 is 1.64 bits per heavy atom. The zero-order chi connectivity index (χ0) is 10.8. The molecule has 0 unspecified atom stereocenters. The van der Waals surface area contributed by atoms with Gasteiger partial charge in [-0.15, -0.1) is 0 Å². The van der Waals surface area contributed by atoms with E-state index in [0.29, 0.717) is 5.82 Å². The second-order valence-electron chi connectivity index (χ2n) is 3.54. The van der Waals surface area contributed by atoms with E-state index in [9.17, 15) is 4.79 Å². The fourth-order valence-corrected chi connectivity index (χ4v) is 0.841. The van der Waals surface area contributed by atoms with E-state index in [1.54, 1.807) is 37.8 Å². The molecular weight excluding hydrogens is 182 g/mol. The first kappa shape index (κ1) is 10.7. The zero-order valence-electron chi connectivity index (χ0n) is 8.87. The van der Waals surface area contributed by atoms with Crippen molar-refractivity contribution in [3.63, 3.8) is 0 Å². The molecule has 0 fully saturated rings. The van der Waals surface area contributed by atoms with Gasteiger partial charge in [-0.1, -0.05) is 0 Å². The van der Waals surface area contributed by atoms with Crippen LogP contribution in [0.2, 0.25) is 0 Å². The second-order valence-corrected chi connectivity index (χ2v) is 3.54. The quantitative estimate of drug-likeness (QED) is 0.779. The van der Waals surface area contributed by atoms with Crippen LogP contribution in [0.25, 0.3) is 0 Å². The molecule has 0 aromatic carbocycles. The van der Waals surface area contributed by atoms with Crippen LogP contribution in [0.15, 0.2) is 12.3 Å². The Balaban J connectivity index is 2.66. The van der Waals surface area contributed by atoms with Crippen LogP contribution >= 0.6 is 0 Å². The summed E-state index contributed by atoms with van der Waals surface area (Å²) in [6.07, 6.45) is 1.76. The molecule has 14 heavy (non-hydrogen) atoms. The van der Waals surface area contributed by atoms with Gasteiger partial charge in [-0.25, -0.2) is 0 Å². The van der Waals surface area contributed by atoms with Crippen LogP contribution in [0.3, 0.4) is 0 Å². The van der Waals surface area contributed by atoms with Gasteiger partial charge in [-0.05, 0) is 13.8 Å². The van der Waals surface area contributed by atoms with Gasteiger partial charge in [-0.3, -0.25) is 9.48 Å². The van der Waals surface area contributed by atoms with E-state index in [0.717, 1.165) is 0 Å². The smallest absolute Gasteiger partial charge is 0.257 e. The van der Waals surface area contributed by atoms with E-state index in [-0.39, 0.29) is 5.91 Å². The molecule has 0 saturated heterocycles. The van der Waals surface area contributed by atoms with Crippen molar-refractivity contribution in [2.24, 2.45) is 7.05 Å². The molecule has 1 heterocycles. The average Bonchev–Trinajstić information content (AvgIpc) is 2.51. The maximum Gasteiger partial charge on any atom is 0.257 e. The highest BCUT2D eigenvalue weighted by atomic mass is 16.5. The predicted octanol–water partition coefficient (Wildman–Crippen LogP) is 0.784. The molecular formula is C9H15N3O2.